The Hall–Kier alpha value is -1.62. The number of Topliss-reactive ketones (excluding diaryl/α,β-unsaturated/α-hetero) is 1. The Bertz CT molecular complexity index is 478. The summed E-state index contributed by atoms with van der Waals surface area (Å²) in [6.45, 7) is 1.56. The van der Waals surface area contributed by atoms with Gasteiger partial charge in [0.05, 0.1) is 25.7 Å². The van der Waals surface area contributed by atoms with Gasteiger partial charge in [-0.2, -0.15) is 0 Å². The van der Waals surface area contributed by atoms with E-state index < -0.39 is 17.7 Å². The van der Waals surface area contributed by atoms with Gasteiger partial charge in [-0.1, -0.05) is 18.5 Å². The molecule has 4 nitrogen and oxygen atoms in total. The lowest BCUT2D eigenvalue weighted by atomic mass is 9.96. The van der Waals surface area contributed by atoms with Crippen LogP contribution in [0.15, 0.2) is 12.1 Å². The average molecular weight is 289 g/mol. The molecule has 1 aromatic rings. The van der Waals surface area contributed by atoms with Gasteiger partial charge in [-0.25, -0.2) is 4.39 Å². The minimum Gasteiger partial charge on any atom is -0.492 e. The third-order valence-corrected chi connectivity index (χ3v) is 2.92. The molecule has 0 saturated carbocycles. The number of hydrogen-bond acceptors (Lipinski definition) is 4. The van der Waals surface area contributed by atoms with Crippen LogP contribution in [0.4, 0.5) is 4.39 Å². The van der Waals surface area contributed by atoms with E-state index in [4.69, 9.17) is 16.3 Å². The Labute approximate surface area is 115 Å². The van der Waals surface area contributed by atoms with E-state index in [0.717, 1.165) is 6.07 Å². The molecular formula is C13H14ClFO4. The van der Waals surface area contributed by atoms with Crippen LogP contribution in [0.25, 0.3) is 0 Å². The fourth-order valence-corrected chi connectivity index (χ4v) is 1.89. The van der Waals surface area contributed by atoms with E-state index in [1.54, 1.807) is 6.92 Å². The molecule has 0 heterocycles. The lowest BCUT2D eigenvalue weighted by Crippen LogP contribution is -2.17. The average Bonchev–Trinajstić information content (AvgIpc) is 2.37. The summed E-state index contributed by atoms with van der Waals surface area (Å²) in [6.07, 6.45) is -0.0688. The second-order valence-corrected chi connectivity index (χ2v) is 4.43. The molecule has 1 atom stereocenters. The molecule has 0 aliphatic rings. The zero-order chi connectivity index (χ0) is 14.6. The molecule has 0 bridgehead atoms. The Balaban J connectivity index is 2.97. The summed E-state index contributed by atoms with van der Waals surface area (Å²) in [5, 5.41) is 0.0103. The molecular weight excluding hydrogens is 275 g/mol. The number of halogens is 2. The van der Waals surface area contributed by atoms with Crippen LogP contribution in [-0.4, -0.2) is 26.0 Å². The second kappa shape index (κ2) is 6.52. The number of carbonyl (C=O) groups is 2. The fraction of sp³-hybridized carbons (Fsp3) is 0.385. The molecule has 19 heavy (non-hydrogen) atoms. The number of carbonyl (C=O) groups excluding carboxylic acids is 2. The summed E-state index contributed by atoms with van der Waals surface area (Å²) in [4.78, 5) is 23.1. The number of benzene rings is 1. The molecule has 1 rings (SSSR count). The van der Waals surface area contributed by atoms with Crippen LogP contribution in [0.5, 0.6) is 5.75 Å². The molecule has 1 aromatic carbocycles. The number of ether oxygens (including phenoxy) is 2. The summed E-state index contributed by atoms with van der Waals surface area (Å²) in [7, 11) is 2.52. The molecule has 0 radical (unpaired) electrons. The smallest absolute Gasteiger partial charge is 0.306 e. The maximum absolute atomic E-state index is 13.6. The molecule has 0 saturated heterocycles. The van der Waals surface area contributed by atoms with Crippen LogP contribution < -0.4 is 4.74 Å². The predicted octanol–water partition coefficient (Wildman–Crippen LogP) is 2.87. The van der Waals surface area contributed by atoms with Crippen molar-refractivity contribution in [2.24, 2.45) is 5.92 Å². The number of methoxy groups -OCH3 is 2. The maximum Gasteiger partial charge on any atom is 0.306 e. The molecule has 0 aliphatic heterocycles. The monoisotopic (exact) mass is 288 g/mol. The van der Waals surface area contributed by atoms with Crippen molar-refractivity contribution in [2.45, 2.75) is 13.3 Å². The van der Waals surface area contributed by atoms with E-state index in [-0.39, 0.29) is 28.5 Å². The first-order valence-corrected chi connectivity index (χ1v) is 5.92. The van der Waals surface area contributed by atoms with Crippen molar-refractivity contribution < 1.29 is 23.5 Å². The fourth-order valence-electron chi connectivity index (χ4n) is 1.61. The van der Waals surface area contributed by atoms with Crippen LogP contribution in [0.3, 0.4) is 0 Å². The van der Waals surface area contributed by atoms with E-state index in [1.165, 1.54) is 20.3 Å². The number of ketones is 1. The lowest BCUT2D eigenvalue weighted by Gasteiger charge is -2.11. The molecule has 6 heteroatoms. The Morgan fingerprint density at radius 2 is 2.00 bits per heavy atom. The highest BCUT2D eigenvalue weighted by Crippen LogP contribution is 2.30. The summed E-state index contributed by atoms with van der Waals surface area (Å²) in [5.41, 5.74) is 0.0969. The Kier molecular flexibility index (Phi) is 5.30. The summed E-state index contributed by atoms with van der Waals surface area (Å²) in [6, 6.07) is 2.36. The summed E-state index contributed by atoms with van der Waals surface area (Å²) >= 11 is 5.81. The maximum atomic E-state index is 13.6. The third-order valence-electron chi connectivity index (χ3n) is 2.64. The number of hydrogen-bond donors (Lipinski definition) is 0. The molecule has 0 fully saturated rings. The Morgan fingerprint density at radius 3 is 2.47 bits per heavy atom. The summed E-state index contributed by atoms with van der Waals surface area (Å²) in [5.74, 6) is -2.33. The Morgan fingerprint density at radius 1 is 1.37 bits per heavy atom. The van der Waals surface area contributed by atoms with Gasteiger partial charge in [0.25, 0.3) is 0 Å². The lowest BCUT2D eigenvalue weighted by molar-refractivity contribution is -0.141. The van der Waals surface area contributed by atoms with Crippen molar-refractivity contribution in [3.63, 3.8) is 0 Å². The van der Waals surface area contributed by atoms with Gasteiger partial charge in [0.1, 0.15) is 0 Å². The molecule has 0 N–H and O–H groups in total. The van der Waals surface area contributed by atoms with E-state index in [0.29, 0.717) is 0 Å². The third kappa shape index (κ3) is 3.67. The zero-order valence-electron chi connectivity index (χ0n) is 10.8. The first kappa shape index (κ1) is 15.4. The van der Waals surface area contributed by atoms with Crippen LogP contribution in [0, 0.1) is 11.7 Å². The number of rotatable bonds is 5. The molecule has 1 unspecified atom stereocenters. The van der Waals surface area contributed by atoms with Crippen molar-refractivity contribution in [3.05, 3.63) is 28.5 Å². The van der Waals surface area contributed by atoms with E-state index in [1.807, 2.05) is 0 Å². The van der Waals surface area contributed by atoms with Gasteiger partial charge in [0, 0.05) is 11.5 Å². The van der Waals surface area contributed by atoms with Crippen molar-refractivity contribution in [3.8, 4) is 5.75 Å². The van der Waals surface area contributed by atoms with Crippen LogP contribution >= 0.6 is 11.6 Å². The minimum absolute atomic E-state index is 0.0103. The normalized spacial score (nSPS) is 11.8. The van der Waals surface area contributed by atoms with Gasteiger partial charge in [0.15, 0.2) is 17.3 Å². The highest BCUT2D eigenvalue weighted by atomic mass is 35.5. The molecule has 0 aromatic heterocycles. The quantitative estimate of drug-likeness (QED) is 0.617. The van der Waals surface area contributed by atoms with Gasteiger partial charge in [0.2, 0.25) is 0 Å². The van der Waals surface area contributed by atoms with Gasteiger partial charge in [-0.05, 0) is 12.1 Å². The molecule has 0 amide bonds. The van der Waals surface area contributed by atoms with E-state index in [9.17, 15) is 14.0 Å². The van der Waals surface area contributed by atoms with E-state index >= 15 is 0 Å². The van der Waals surface area contributed by atoms with Crippen LogP contribution in [0.1, 0.15) is 23.7 Å². The summed E-state index contributed by atoms with van der Waals surface area (Å²) < 4.78 is 22.9. The first-order chi connectivity index (χ1) is 8.90. The minimum atomic E-state index is -0.719. The topological polar surface area (TPSA) is 52.6 Å². The van der Waals surface area contributed by atoms with Crippen molar-refractivity contribution in [1.29, 1.82) is 0 Å². The van der Waals surface area contributed by atoms with Crippen molar-refractivity contribution >= 4 is 23.4 Å². The molecule has 104 valence electrons. The van der Waals surface area contributed by atoms with Crippen molar-refractivity contribution in [1.82, 2.24) is 0 Å². The van der Waals surface area contributed by atoms with Gasteiger partial charge in [-0.3, -0.25) is 9.59 Å². The van der Waals surface area contributed by atoms with Gasteiger partial charge < -0.3 is 9.47 Å². The van der Waals surface area contributed by atoms with Crippen LogP contribution in [0.2, 0.25) is 5.02 Å². The van der Waals surface area contributed by atoms with E-state index in [2.05, 4.69) is 4.74 Å². The highest BCUT2D eigenvalue weighted by Gasteiger charge is 2.21. The van der Waals surface area contributed by atoms with Crippen LogP contribution in [-0.2, 0) is 9.53 Å². The van der Waals surface area contributed by atoms with Gasteiger partial charge >= 0.3 is 5.97 Å². The standard InChI is InChI=1S/C13H14ClFO4/c1-7(4-11(16)18-2)12(17)8-5-9(14)13(19-3)10(15)6-8/h5-7H,4H2,1-3H3. The number of esters is 1. The largest absolute Gasteiger partial charge is 0.492 e. The highest BCUT2D eigenvalue weighted by molar-refractivity contribution is 6.32. The second-order valence-electron chi connectivity index (χ2n) is 4.02. The zero-order valence-corrected chi connectivity index (χ0v) is 11.6. The SMILES string of the molecule is COC(=O)CC(C)C(=O)c1cc(F)c(OC)c(Cl)c1. The van der Waals surface area contributed by atoms with Gasteiger partial charge in [-0.15, -0.1) is 0 Å². The molecule has 0 aliphatic carbocycles. The van der Waals surface area contributed by atoms with Crippen molar-refractivity contribution in [2.75, 3.05) is 14.2 Å². The molecule has 0 spiro atoms. The first-order valence-electron chi connectivity index (χ1n) is 5.54. The predicted molar refractivity (Wildman–Crippen MR) is 68.1 cm³/mol.